The molecular weight excluding hydrogens is 276 g/mol. The largest absolute Gasteiger partial charge is 0.384 e. The standard InChI is InChI=1S/C18H26N2O2/c1-22-13-16-17(21)19-14-18(16)8-11-20(12-9-18)10-7-15-5-3-2-4-6-15/h2-6,16H,7-14H2,1H3,(H,19,21). The first-order valence-corrected chi connectivity index (χ1v) is 8.26. The van der Waals surface area contributed by atoms with Gasteiger partial charge in [0, 0.05) is 25.6 Å². The third-order valence-corrected chi connectivity index (χ3v) is 5.42. The minimum Gasteiger partial charge on any atom is -0.384 e. The molecule has 1 unspecified atom stereocenters. The van der Waals surface area contributed by atoms with Crippen LogP contribution >= 0.6 is 0 Å². The highest BCUT2D eigenvalue weighted by atomic mass is 16.5. The van der Waals surface area contributed by atoms with Crippen LogP contribution in [0.25, 0.3) is 0 Å². The van der Waals surface area contributed by atoms with Crippen LogP contribution in [-0.2, 0) is 16.0 Å². The van der Waals surface area contributed by atoms with Crippen molar-refractivity contribution in [3.05, 3.63) is 35.9 Å². The third-order valence-electron chi connectivity index (χ3n) is 5.42. The van der Waals surface area contributed by atoms with E-state index in [4.69, 9.17) is 4.74 Å². The van der Waals surface area contributed by atoms with E-state index in [-0.39, 0.29) is 17.2 Å². The Hall–Kier alpha value is -1.39. The van der Waals surface area contributed by atoms with Gasteiger partial charge in [0.1, 0.15) is 0 Å². The zero-order valence-corrected chi connectivity index (χ0v) is 13.4. The van der Waals surface area contributed by atoms with Gasteiger partial charge >= 0.3 is 0 Å². The molecule has 22 heavy (non-hydrogen) atoms. The number of likely N-dealkylation sites (tertiary alicyclic amines) is 1. The van der Waals surface area contributed by atoms with Gasteiger partial charge in [-0.2, -0.15) is 0 Å². The number of benzene rings is 1. The zero-order valence-electron chi connectivity index (χ0n) is 13.4. The number of hydrogen-bond acceptors (Lipinski definition) is 3. The fourth-order valence-electron chi connectivity index (χ4n) is 3.89. The Morgan fingerprint density at radius 3 is 2.68 bits per heavy atom. The minimum atomic E-state index is 0.0359. The Kier molecular flexibility index (Phi) is 4.79. The Bertz CT molecular complexity index is 495. The molecule has 2 saturated heterocycles. The van der Waals surface area contributed by atoms with E-state index in [1.54, 1.807) is 7.11 Å². The van der Waals surface area contributed by atoms with E-state index in [1.807, 2.05) is 0 Å². The lowest BCUT2D eigenvalue weighted by molar-refractivity contribution is -0.126. The molecule has 0 bridgehead atoms. The monoisotopic (exact) mass is 302 g/mol. The highest BCUT2D eigenvalue weighted by Gasteiger charge is 2.49. The number of nitrogens with zero attached hydrogens (tertiary/aromatic N) is 1. The summed E-state index contributed by atoms with van der Waals surface area (Å²) in [5, 5.41) is 3.05. The van der Waals surface area contributed by atoms with Gasteiger partial charge in [0.2, 0.25) is 5.91 Å². The summed E-state index contributed by atoms with van der Waals surface area (Å²) in [7, 11) is 1.69. The molecule has 1 aromatic carbocycles. The zero-order chi connectivity index (χ0) is 15.4. The molecule has 3 rings (SSSR count). The van der Waals surface area contributed by atoms with Gasteiger partial charge in [-0.1, -0.05) is 30.3 Å². The molecule has 4 nitrogen and oxygen atoms in total. The molecule has 1 spiro atoms. The van der Waals surface area contributed by atoms with Crippen molar-refractivity contribution in [2.45, 2.75) is 19.3 Å². The molecule has 2 aliphatic rings. The van der Waals surface area contributed by atoms with E-state index in [1.165, 1.54) is 5.56 Å². The van der Waals surface area contributed by atoms with Gasteiger partial charge in [0.05, 0.1) is 12.5 Å². The van der Waals surface area contributed by atoms with Gasteiger partial charge < -0.3 is 15.0 Å². The summed E-state index contributed by atoms with van der Waals surface area (Å²) in [4.78, 5) is 14.6. The van der Waals surface area contributed by atoms with Gasteiger partial charge in [-0.3, -0.25) is 4.79 Å². The summed E-state index contributed by atoms with van der Waals surface area (Å²) in [6, 6.07) is 10.7. The maximum Gasteiger partial charge on any atom is 0.226 e. The first kappa shape index (κ1) is 15.5. The van der Waals surface area contributed by atoms with Crippen molar-refractivity contribution in [2.75, 3.05) is 39.9 Å². The van der Waals surface area contributed by atoms with Crippen LogP contribution in [0.2, 0.25) is 0 Å². The predicted molar refractivity (Wildman–Crippen MR) is 86.6 cm³/mol. The normalized spacial score (nSPS) is 24.6. The van der Waals surface area contributed by atoms with Gasteiger partial charge in [0.15, 0.2) is 0 Å². The van der Waals surface area contributed by atoms with E-state index in [0.717, 1.165) is 45.4 Å². The number of nitrogens with one attached hydrogen (secondary N) is 1. The smallest absolute Gasteiger partial charge is 0.226 e. The second-order valence-corrected chi connectivity index (χ2v) is 6.67. The topological polar surface area (TPSA) is 41.6 Å². The fraction of sp³-hybridized carbons (Fsp3) is 0.611. The highest BCUT2D eigenvalue weighted by molar-refractivity contribution is 5.82. The lowest BCUT2D eigenvalue weighted by Crippen LogP contribution is -2.45. The fourth-order valence-corrected chi connectivity index (χ4v) is 3.89. The summed E-state index contributed by atoms with van der Waals surface area (Å²) in [5.41, 5.74) is 1.52. The molecule has 120 valence electrons. The Labute approximate surface area is 132 Å². The number of piperidine rings is 1. The van der Waals surface area contributed by atoms with Crippen LogP contribution in [0.3, 0.4) is 0 Å². The number of hydrogen-bond donors (Lipinski definition) is 1. The molecule has 1 atom stereocenters. The van der Waals surface area contributed by atoms with Crippen LogP contribution in [0, 0.1) is 11.3 Å². The second kappa shape index (κ2) is 6.80. The van der Waals surface area contributed by atoms with Crippen molar-refractivity contribution in [1.29, 1.82) is 0 Å². The molecule has 1 N–H and O–H groups in total. The van der Waals surface area contributed by atoms with Crippen molar-refractivity contribution in [2.24, 2.45) is 11.3 Å². The van der Waals surface area contributed by atoms with E-state index in [0.29, 0.717) is 6.61 Å². The van der Waals surface area contributed by atoms with E-state index < -0.39 is 0 Å². The first-order chi connectivity index (χ1) is 10.7. The van der Waals surface area contributed by atoms with Gasteiger partial charge in [0.25, 0.3) is 0 Å². The van der Waals surface area contributed by atoms with Crippen LogP contribution in [0.4, 0.5) is 0 Å². The molecule has 2 heterocycles. The summed E-state index contributed by atoms with van der Waals surface area (Å²) in [6.45, 7) is 4.66. The lowest BCUT2D eigenvalue weighted by Gasteiger charge is -2.41. The van der Waals surface area contributed by atoms with Crippen LogP contribution in [0.5, 0.6) is 0 Å². The van der Waals surface area contributed by atoms with Crippen molar-refractivity contribution < 1.29 is 9.53 Å². The Morgan fingerprint density at radius 1 is 1.27 bits per heavy atom. The second-order valence-electron chi connectivity index (χ2n) is 6.67. The number of carbonyl (C=O) groups is 1. The average Bonchev–Trinajstić information content (AvgIpc) is 2.86. The maximum atomic E-state index is 12.0. The van der Waals surface area contributed by atoms with Gasteiger partial charge in [-0.05, 0) is 37.9 Å². The number of methoxy groups -OCH3 is 1. The molecule has 1 amide bonds. The molecule has 0 saturated carbocycles. The quantitative estimate of drug-likeness (QED) is 0.900. The number of rotatable bonds is 5. The number of carbonyl (C=O) groups excluding carboxylic acids is 1. The summed E-state index contributed by atoms with van der Waals surface area (Å²) in [5.74, 6) is 0.216. The number of ether oxygens (including phenoxy) is 1. The van der Waals surface area contributed by atoms with E-state index in [2.05, 4.69) is 40.5 Å². The third kappa shape index (κ3) is 3.18. The SMILES string of the molecule is COCC1C(=O)NCC12CCN(CCc1ccccc1)CC2. The summed E-state index contributed by atoms with van der Waals surface area (Å²) >= 11 is 0. The molecule has 2 fully saturated rings. The summed E-state index contributed by atoms with van der Waals surface area (Å²) in [6.07, 6.45) is 3.29. The maximum absolute atomic E-state index is 12.0. The lowest BCUT2D eigenvalue weighted by atomic mass is 9.71. The Morgan fingerprint density at radius 2 is 2.00 bits per heavy atom. The van der Waals surface area contributed by atoms with Gasteiger partial charge in [-0.15, -0.1) is 0 Å². The van der Waals surface area contributed by atoms with Crippen molar-refractivity contribution in [1.82, 2.24) is 10.2 Å². The van der Waals surface area contributed by atoms with Crippen LogP contribution < -0.4 is 5.32 Å². The van der Waals surface area contributed by atoms with Crippen molar-refractivity contribution in [3.63, 3.8) is 0 Å². The average molecular weight is 302 g/mol. The molecular formula is C18H26N2O2. The van der Waals surface area contributed by atoms with Crippen LogP contribution in [-0.4, -0.2) is 50.7 Å². The minimum absolute atomic E-state index is 0.0359. The van der Waals surface area contributed by atoms with Crippen molar-refractivity contribution >= 4 is 5.91 Å². The van der Waals surface area contributed by atoms with E-state index in [9.17, 15) is 4.79 Å². The summed E-state index contributed by atoms with van der Waals surface area (Å²) < 4.78 is 5.28. The van der Waals surface area contributed by atoms with Crippen LogP contribution in [0.1, 0.15) is 18.4 Å². The molecule has 0 aliphatic carbocycles. The molecule has 2 aliphatic heterocycles. The molecule has 0 radical (unpaired) electrons. The van der Waals surface area contributed by atoms with Crippen molar-refractivity contribution in [3.8, 4) is 0 Å². The highest BCUT2D eigenvalue weighted by Crippen LogP contribution is 2.42. The van der Waals surface area contributed by atoms with E-state index >= 15 is 0 Å². The molecule has 4 heteroatoms. The first-order valence-electron chi connectivity index (χ1n) is 8.26. The predicted octanol–water partition coefficient (Wildman–Crippen LogP) is 1.70. The molecule has 0 aromatic heterocycles. The Balaban J connectivity index is 1.52. The van der Waals surface area contributed by atoms with Crippen LogP contribution in [0.15, 0.2) is 30.3 Å². The van der Waals surface area contributed by atoms with Gasteiger partial charge in [-0.25, -0.2) is 0 Å². The molecule has 1 aromatic rings. The number of amides is 1.